The Labute approximate surface area is 254 Å². The van der Waals surface area contributed by atoms with E-state index in [0.717, 1.165) is 60.8 Å². The van der Waals surface area contributed by atoms with E-state index >= 15 is 0 Å². The van der Waals surface area contributed by atoms with Crippen LogP contribution in [0.4, 0.5) is 16.2 Å². The van der Waals surface area contributed by atoms with Crippen molar-refractivity contribution >= 4 is 17.5 Å². The monoisotopic (exact) mass is 588 g/mol. The van der Waals surface area contributed by atoms with Crippen molar-refractivity contribution in [3.05, 3.63) is 48.7 Å². The van der Waals surface area contributed by atoms with Crippen LogP contribution in [0.1, 0.15) is 58.6 Å². The first-order chi connectivity index (χ1) is 20.6. The van der Waals surface area contributed by atoms with Crippen molar-refractivity contribution in [3.8, 4) is 11.3 Å². The first-order valence-electron chi connectivity index (χ1n) is 15.5. The molecule has 1 atom stereocenters. The number of anilines is 2. The zero-order valence-corrected chi connectivity index (χ0v) is 26.1. The fourth-order valence-electron chi connectivity index (χ4n) is 6.05. The van der Waals surface area contributed by atoms with E-state index in [9.17, 15) is 4.79 Å². The molecule has 6 rings (SSSR count). The molecule has 2 saturated heterocycles. The molecule has 0 spiro atoms. The van der Waals surface area contributed by atoms with Crippen molar-refractivity contribution in [2.24, 2.45) is 5.92 Å². The van der Waals surface area contributed by atoms with Crippen LogP contribution in [0.2, 0.25) is 0 Å². The summed E-state index contributed by atoms with van der Waals surface area (Å²) in [6.45, 7) is 9.26. The third kappa shape index (κ3) is 6.18. The minimum atomic E-state index is -0.512. The number of nitrogens with zero attached hydrogens (tertiary/aromatic N) is 8. The van der Waals surface area contributed by atoms with Crippen molar-refractivity contribution < 1.29 is 14.3 Å². The summed E-state index contributed by atoms with van der Waals surface area (Å²) in [6, 6.07) is 6.39. The first-order valence-corrected chi connectivity index (χ1v) is 15.5. The highest BCUT2D eigenvalue weighted by Gasteiger charge is 2.45. The van der Waals surface area contributed by atoms with Crippen molar-refractivity contribution in [1.29, 1.82) is 0 Å². The summed E-state index contributed by atoms with van der Waals surface area (Å²) < 4.78 is 13.4. The van der Waals surface area contributed by atoms with E-state index in [-0.39, 0.29) is 12.1 Å². The molecule has 0 N–H and O–H groups in total. The van der Waals surface area contributed by atoms with Crippen LogP contribution in [0, 0.1) is 5.92 Å². The molecule has 1 saturated carbocycles. The molecule has 3 aromatic heterocycles. The van der Waals surface area contributed by atoms with Crippen molar-refractivity contribution in [3.63, 3.8) is 0 Å². The van der Waals surface area contributed by atoms with Gasteiger partial charge in [-0.05, 0) is 70.6 Å². The molecule has 3 fully saturated rings. The predicted molar refractivity (Wildman–Crippen MR) is 165 cm³/mol. The van der Waals surface area contributed by atoms with Crippen LogP contribution in [-0.2, 0) is 15.0 Å². The van der Waals surface area contributed by atoms with Gasteiger partial charge in [-0.25, -0.2) is 9.48 Å². The number of carbonyl (C=O) groups excluding carboxylic acids is 1. The second-order valence-corrected chi connectivity index (χ2v) is 13.5. The molecule has 11 heteroatoms. The van der Waals surface area contributed by atoms with Gasteiger partial charge in [-0.15, -0.1) is 5.10 Å². The Morgan fingerprint density at radius 3 is 2.56 bits per heavy atom. The zero-order chi connectivity index (χ0) is 30.2. The SMILES string of the molecule is CN(C)c1cncc(-c2cn(C3(c4ccc(N5CCC[C@@H](N(CC6CCC6)C(=O)OC(C)(C)C)C5)cn4)COC3)nn2)c1. The largest absolute Gasteiger partial charge is 0.444 e. The summed E-state index contributed by atoms with van der Waals surface area (Å²) in [5.74, 6) is 0.579. The summed E-state index contributed by atoms with van der Waals surface area (Å²) in [5.41, 5.74) is 3.61. The summed E-state index contributed by atoms with van der Waals surface area (Å²) in [6.07, 6.45) is 13.0. The predicted octanol–water partition coefficient (Wildman–Crippen LogP) is 4.58. The van der Waals surface area contributed by atoms with E-state index in [0.29, 0.717) is 19.1 Å². The number of carbonyl (C=O) groups is 1. The molecule has 5 heterocycles. The number of pyridine rings is 2. The highest BCUT2D eigenvalue weighted by Crippen LogP contribution is 2.35. The van der Waals surface area contributed by atoms with E-state index in [1.807, 2.05) is 67.9 Å². The molecule has 2 aliphatic heterocycles. The second kappa shape index (κ2) is 11.7. The van der Waals surface area contributed by atoms with E-state index in [4.69, 9.17) is 14.5 Å². The lowest BCUT2D eigenvalue weighted by Crippen LogP contribution is -2.54. The summed E-state index contributed by atoms with van der Waals surface area (Å²) in [4.78, 5) is 29.0. The molecular weight excluding hydrogens is 544 g/mol. The van der Waals surface area contributed by atoms with E-state index in [1.165, 1.54) is 19.3 Å². The summed E-state index contributed by atoms with van der Waals surface area (Å²) >= 11 is 0. The van der Waals surface area contributed by atoms with Gasteiger partial charge < -0.3 is 24.2 Å². The van der Waals surface area contributed by atoms with E-state index in [1.54, 1.807) is 6.20 Å². The molecule has 0 bridgehead atoms. The maximum atomic E-state index is 13.3. The number of aromatic nitrogens is 5. The van der Waals surface area contributed by atoms with Gasteiger partial charge in [0.15, 0.2) is 5.54 Å². The lowest BCUT2D eigenvalue weighted by atomic mass is 9.84. The third-order valence-corrected chi connectivity index (χ3v) is 8.88. The smallest absolute Gasteiger partial charge is 0.410 e. The highest BCUT2D eigenvalue weighted by molar-refractivity contribution is 5.69. The van der Waals surface area contributed by atoms with Crippen LogP contribution in [0.15, 0.2) is 43.0 Å². The van der Waals surface area contributed by atoms with Gasteiger partial charge in [0.2, 0.25) is 0 Å². The molecule has 0 aromatic carbocycles. The van der Waals surface area contributed by atoms with Crippen molar-refractivity contribution in [2.75, 3.05) is 56.7 Å². The number of amides is 1. The topological polar surface area (TPSA) is 102 Å². The molecule has 11 nitrogen and oxygen atoms in total. The van der Waals surface area contributed by atoms with E-state index < -0.39 is 11.1 Å². The Morgan fingerprint density at radius 2 is 1.93 bits per heavy atom. The first kappa shape index (κ1) is 29.3. The lowest BCUT2D eigenvalue weighted by Gasteiger charge is -2.43. The third-order valence-electron chi connectivity index (χ3n) is 8.88. The molecule has 43 heavy (non-hydrogen) atoms. The van der Waals surface area contributed by atoms with Crippen molar-refractivity contribution in [1.82, 2.24) is 29.9 Å². The van der Waals surface area contributed by atoms with Gasteiger partial charge >= 0.3 is 6.09 Å². The summed E-state index contributed by atoms with van der Waals surface area (Å²) in [7, 11) is 3.98. The lowest BCUT2D eigenvalue weighted by molar-refractivity contribution is -0.0851. The van der Waals surface area contributed by atoms with Crippen LogP contribution in [-0.4, -0.2) is 94.5 Å². The van der Waals surface area contributed by atoms with Gasteiger partial charge in [-0.1, -0.05) is 11.6 Å². The fourth-order valence-corrected chi connectivity index (χ4v) is 6.05. The molecular formula is C32H44N8O3. The molecule has 0 radical (unpaired) electrons. The van der Waals surface area contributed by atoms with Crippen LogP contribution in [0.5, 0.6) is 0 Å². The van der Waals surface area contributed by atoms with Gasteiger partial charge in [0.25, 0.3) is 0 Å². The number of ether oxygens (including phenoxy) is 2. The Kier molecular flexibility index (Phi) is 8.02. The number of piperidine rings is 1. The zero-order valence-electron chi connectivity index (χ0n) is 26.1. The minimum Gasteiger partial charge on any atom is -0.444 e. The molecule has 1 amide bonds. The standard InChI is InChI=1S/C32H44N8O3/c1-31(2,3)43-30(41)39(18-23-8-6-9-23)26-10-7-13-38(19-26)25-11-12-29(34-17-25)32(21-42-22-32)40-20-28(35-36-40)24-14-27(37(4)5)16-33-15-24/h11-12,14-17,20,23,26H,6-10,13,18-19,21-22H2,1-5H3/t26-/m1/s1. The average molecular weight is 589 g/mol. The van der Waals surface area contributed by atoms with Crippen LogP contribution < -0.4 is 9.80 Å². The highest BCUT2D eigenvalue weighted by atomic mass is 16.6. The van der Waals surface area contributed by atoms with Gasteiger partial charge in [-0.3, -0.25) is 9.97 Å². The Balaban J connectivity index is 1.18. The summed E-state index contributed by atoms with van der Waals surface area (Å²) in [5, 5.41) is 8.97. The normalized spacial score (nSPS) is 20.2. The van der Waals surface area contributed by atoms with Crippen LogP contribution in [0.25, 0.3) is 11.3 Å². The van der Waals surface area contributed by atoms with Gasteiger partial charge in [-0.2, -0.15) is 0 Å². The molecule has 3 aromatic rings. The van der Waals surface area contributed by atoms with Crippen LogP contribution in [0.3, 0.4) is 0 Å². The van der Waals surface area contributed by atoms with Gasteiger partial charge in [0.1, 0.15) is 11.3 Å². The molecule has 3 aliphatic rings. The van der Waals surface area contributed by atoms with Crippen molar-refractivity contribution in [2.45, 2.75) is 70.1 Å². The maximum absolute atomic E-state index is 13.3. The Bertz CT molecular complexity index is 1410. The number of rotatable bonds is 8. The average Bonchev–Trinajstić information content (AvgIpc) is 3.42. The Morgan fingerprint density at radius 1 is 1.12 bits per heavy atom. The van der Waals surface area contributed by atoms with Crippen LogP contribution >= 0.6 is 0 Å². The molecule has 230 valence electrons. The maximum Gasteiger partial charge on any atom is 0.410 e. The quantitative estimate of drug-likeness (QED) is 0.374. The Hall–Kier alpha value is -3.73. The fraction of sp³-hybridized carbons (Fsp3) is 0.594. The van der Waals surface area contributed by atoms with Gasteiger partial charge in [0, 0.05) is 45.5 Å². The van der Waals surface area contributed by atoms with E-state index in [2.05, 4.69) is 38.4 Å². The molecule has 0 unspecified atom stereocenters. The molecule has 1 aliphatic carbocycles. The van der Waals surface area contributed by atoms with Gasteiger partial charge in [0.05, 0.1) is 54.9 Å². The second-order valence-electron chi connectivity index (χ2n) is 13.5. The number of hydrogen-bond acceptors (Lipinski definition) is 9. The minimum absolute atomic E-state index is 0.115. The number of hydrogen-bond donors (Lipinski definition) is 0.